The number of hydrogen-bond acceptors (Lipinski definition) is 11. The largest absolute Gasteiger partial charge is 0.461 e. The molecule has 4 saturated heterocycles. The van der Waals surface area contributed by atoms with E-state index in [-0.39, 0.29) is 134 Å². The minimum atomic E-state index is -4.85. The molecule has 0 aliphatic carbocycles. The van der Waals surface area contributed by atoms with E-state index in [1.807, 2.05) is 4.90 Å². The molecule has 10 rings (SSSR count). The van der Waals surface area contributed by atoms with Gasteiger partial charge in [0.15, 0.2) is 11.9 Å². The number of aryl methyl sites for hydroxylation is 1. The number of benzene rings is 2. The first-order valence-electron chi connectivity index (χ1n) is 21.1. The van der Waals surface area contributed by atoms with Gasteiger partial charge in [-0.05, 0) is 86.5 Å². The summed E-state index contributed by atoms with van der Waals surface area (Å²) in [4.78, 5) is 44.6. The Balaban J connectivity index is 1.20. The summed E-state index contributed by atoms with van der Waals surface area (Å²) in [6.45, 7) is 1.87. The normalized spacial score (nSPS) is 28.0. The monoisotopic (exact) mass is 889 g/mol. The standard InChI is InChI=1S/C43H46F7N7O6/c1-41-16-24(44)19-55(21-41)37-29-18-51-34(33(47)35(29)52-38(53-37)62-22-42-10-5-11-56(42)20-25(45)17-42)28-15-26(63-40(59)57-12-3-7-31(60-2)36(57)43(48,49)50)14-23-8-9-30(46)27(32(23)28)6-4-13-61-39(58)54-41/h8-9,14-15,18,24-25,31,36H,3-7,10-13,16-17,19-22H2,1-2H3,(H,54,58)/t24-,25-,31-,36+,41-,42+/m1/s1. The molecule has 6 bridgehead atoms. The summed E-state index contributed by atoms with van der Waals surface area (Å²) in [5, 5.41) is 3.16. The smallest absolute Gasteiger partial charge is 0.415 e. The molecular formula is C43H46F7N7O6. The average Bonchev–Trinajstić information content (AvgIpc) is 3.76. The van der Waals surface area contributed by atoms with Gasteiger partial charge in [-0.15, -0.1) is 0 Å². The summed E-state index contributed by atoms with van der Waals surface area (Å²) >= 11 is 0. The number of ether oxygens (including phenoxy) is 4. The number of aromatic nitrogens is 3. The first-order valence-corrected chi connectivity index (χ1v) is 21.1. The number of piperidine rings is 2. The van der Waals surface area contributed by atoms with Gasteiger partial charge in [0, 0.05) is 51.3 Å². The number of pyridine rings is 1. The van der Waals surface area contributed by atoms with Crippen molar-refractivity contribution in [2.24, 2.45) is 0 Å². The molecule has 4 aromatic rings. The second-order valence-electron chi connectivity index (χ2n) is 17.5. The number of likely N-dealkylation sites (tertiary alicyclic amines) is 1. The summed E-state index contributed by atoms with van der Waals surface area (Å²) in [6, 6.07) is 2.43. The van der Waals surface area contributed by atoms with Crippen LogP contribution in [0.3, 0.4) is 0 Å². The zero-order valence-corrected chi connectivity index (χ0v) is 34.6. The number of alkyl carbamates (subject to hydrolysis) is 1. The van der Waals surface area contributed by atoms with Crippen molar-refractivity contribution in [2.45, 2.75) is 100 Å². The maximum absolute atomic E-state index is 17.6. The minimum Gasteiger partial charge on any atom is -0.461 e. The number of anilines is 1. The highest BCUT2D eigenvalue weighted by atomic mass is 19.4. The van der Waals surface area contributed by atoms with E-state index in [1.165, 1.54) is 29.3 Å². The van der Waals surface area contributed by atoms with Crippen LogP contribution in [-0.4, -0.2) is 132 Å². The number of fused-ring (bicyclic) bond motifs is 7. The third kappa shape index (κ3) is 8.12. The lowest BCUT2D eigenvalue weighted by Crippen LogP contribution is -2.60. The zero-order valence-electron chi connectivity index (χ0n) is 34.6. The Morgan fingerprint density at radius 2 is 1.86 bits per heavy atom. The quantitative estimate of drug-likeness (QED) is 0.199. The minimum absolute atomic E-state index is 0.000713. The topological polar surface area (TPSA) is 131 Å². The number of rotatable bonds is 5. The van der Waals surface area contributed by atoms with Crippen LogP contribution in [0.15, 0.2) is 30.5 Å². The van der Waals surface area contributed by atoms with Crippen molar-refractivity contribution >= 4 is 39.7 Å². The molecule has 0 radical (unpaired) electrons. The fourth-order valence-corrected chi connectivity index (χ4v) is 10.4. The number of amides is 2. The lowest BCUT2D eigenvalue weighted by molar-refractivity contribution is -0.213. The highest BCUT2D eigenvalue weighted by Crippen LogP contribution is 2.43. The molecule has 2 aromatic carbocycles. The van der Waals surface area contributed by atoms with Crippen LogP contribution in [0.2, 0.25) is 0 Å². The van der Waals surface area contributed by atoms with Crippen molar-refractivity contribution in [1.82, 2.24) is 30.1 Å². The first-order chi connectivity index (χ1) is 30.0. The molecule has 338 valence electrons. The molecule has 0 saturated carbocycles. The molecule has 2 aromatic heterocycles. The van der Waals surface area contributed by atoms with Gasteiger partial charge in [0.05, 0.1) is 35.7 Å². The Morgan fingerprint density at radius 1 is 1.05 bits per heavy atom. The predicted molar refractivity (Wildman–Crippen MR) is 214 cm³/mol. The fourth-order valence-electron chi connectivity index (χ4n) is 10.4. The van der Waals surface area contributed by atoms with E-state index in [1.54, 1.807) is 6.92 Å². The van der Waals surface area contributed by atoms with E-state index in [2.05, 4.69) is 20.3 Å². The lowest BCUT2D eigenvalue weighted by atomic mass is 9.90. The number of carbonyl (C=O) groups excluding carboxylic acids is 2. The Bertz CT molecular complexity index is 2450. The van der Waals surface area contributed by atoms with Crippen molar-refractivity contribution in [1.29, 1.82) is 0 Å². The highest BCUT2D eigenvalue weighted by molar-refractivity contribution is 6.02. The molecule has 6 aliphatic heterocycles. The molecule has 13 nitrogen and oxygen atoms in total. The van der Waals surface area contributed by atoms with Crippen molar-refractivity contribution in [3.63, 3.8) is 0 Å². The van der Waals surface area contributed by atoms with Crippen LogP contribution in [0.4, 0.5) is 46.1 Å². The molecule has 4 fully saturated rings. The summed E-state index contributed by atoms with van der Waals surface area (Å²) in [7, 11) is 1.13. The lowest BCUT2D eigenvalue weighted by Gasteiger charge is -2.42. The Morgan fingerprint density at radius 3 is 2.65 bits per heavy atom. The zero-order chi connectivity index (χ0) is 44.4. The summed E-state index contributed by atoms with van der Waals surface area (Å²) in [5.74, 6) is -1.99. The van der Waals surface area contributed by atoms with Crippen LogP contribution in [0, 0.1) is 11.6 Å². The molecule has 6 aliphatic rings. The van der Waals surface area contributed by atoms with Gasteiger partial charge in [-0.1, -0.05) is 6.07 Å². The van der Waals surface area contributed by atoms with Crippen LogP contribution in [0.25, 0.3) is 32.9 Å². The fraction of sp³-hybridized carbons (Fsp3) is 0.558. The molecular weight excluding hydrogens is 844 g/mol. The number of carbonyl (C=O) groups is 2. The summed E-state index contributed by atoms with van der Waals surface area (Å²) < 4.78 is 130. The van der Waals surface area contributed by atoms with Crippen LogP contribution < -0.4 is 19.7 Å². The van der Waals surface area contributed by atoms with Gasteiger partial charge in [0.25, 0.3) is 0 Å². The number of nitrogens with one attached hydrogen (secondary N) is 1. The number of methoxy groups -OCH3 is 1. The van der Waals surface area contributed by atoms with Crippen molar-refractivity contribution in [3.05, 3.63) is 47.7 Å². The highest BCUT2D eigenvalue weighted by Gasteiger charge is 2.53. The Labute approximate surface area is 357 Å². The Kier molecular flexibility index (Phi) is 11.2. The third-order valence-electron chi connectivity index (χ3n) is 13.1. The SMILES string of the molecule is CO[C@@H]1CCCN(C(=O)Oc2cc3c4c(c(F)ccc4c2)CCCOC(=O)N[C@]2(C)C[C@@H](F)CN(C2)c2nc(OC[C@@]45CCCN4C[C@H](F)C5)nc4c(F)c-3ncc24)[C@@H]1C(F)(F)F. The van der Waals surface area contributed by atoms with E-state index in [0.717, 1.165) is 19.6 Å². The van der Waals surface area contributed by atoms with Crippen LogP contribution in [0.5, 0.6) is 11.8 Å². The molecule has 6 atom stereocenters. The Hall–Kier alpha value is -5.24. The van der Waals surface area contributed by atoms with Gasteiger partial charge in [0.1, 0.15) is 47.5 Å². The molecule has 8 heterocycles. The molecule has 1 N–H and O–H groups in total. The number of hydrogen-bond donors (Lipinski definition) is 1. The van der Waals surface area contributed by atoms with Crippen LogP contribution >= 0.6 is 0 Å². The molecule has 63 heavy (non-hydrogen) atoms. The van der Waals surface area contributed by atoms with Crippen molar-refractivity contribution < 1.29 is 59.3 Å². The van der Waals surface area contributed by atoms with Gasteiger partial charge in [-0.2, -0.15) is 23.1 Å². The number of halogens is 7. The molecule has 0 spiro atoms. The van der Waals surface area contributed by atoms with Gasteiger partial charge < -0.3 is 29.2 Å². The van der Waals surface area contributed by atoms with Crippen molar-refractivity contribution in [2.75, 3.05) is 57.9 Å². The van der Waals surface area contributed by atoms with Crippen LogP contribution in [0.1, 0.15) is 57.4 Å². The first kappa shape index (κ1) is 43.0. The molecule has 0 unspecified atom stereocenters. The van der Waals surface area contributed by atoms with Crippen LogP contribution in [-0.2, 0) is 15.9 Å². The van der Waals surface area contributed by atoms with E-state index >= 15 is 13.2 Å². The number of alkyl halides is 5. The van der Waals surface area contributed by atoms with Crippen molar-refractivity contribution in [3.8, 4) is 23.0 Å². The average molecular weight is 890 g/mol. The van der Waals surface area contributed by atoms with Gasteiger partial charge in [0.2, 0.25) is 0 Å². The third-order valence-corrected chi connectivity index (χ3v) is 13.1. The second-order valence-corrected chi connectivity index (χ2v) is 17.5. The van der Waals surface area contributed by atoms with E-state index in [0.29, 0.717) is 17.9 Å². The second kappa shape index (κ2) is 16.4. The predicted octanol–water partition coefficient (Wildman–Crippen LogP) is 7.60. The summed E-state index contributed by atoms with van der Waals surface area (Å²) in [6.07, 6.45) is -7.73. The van der Waals surface area contributed by atoms with E-state index < -0.39 is 65.6 Å². The van der Waals surface area contributed by atoms with Gasteiger partial charge in [-0.25, -0.2) is 27.2 Å². The maximum atomic E-state index is 17.6. The molecule has 20 heteroatoms. The van der Waals surface area contributed by atoms with E-state index in [9.17, 15) is 27.2 Å². The van der Waals surface area contributed by atoms with Gasteiger partial charge >= 0.3 is 24.4 Å². The van der Waals surface area contributed by atoms with E-state index in [4.69, 9.17) is 18.9 Å². The molecule has 2 amide bonds. The summed E-state index contributed by atoms with van der Waals surface area (Å²) in [5.41, 5.74) is -2.58. The van der Waals surface area contributed by atoms with Gasteiger partial charge in [-0.3, -0.25) is 14.8 Å². The number of nitrogens with zero attached hydrogens (tertiary/aromatic N) is 6. The maximum Gasteiger partial charge on any atom is 0.415 e.